The molecule has 0 aliphatic heterocycles. The Bertz CT molecular complexity index is 1140. The molecule has 0 spiro atoms. The first kappa shape index (κ1) is 23.0. The topological polar surface area (TPSA) is 86.1 Å². The number of ether oxygens (including phenoxy) is 1. The van der Waals surface area contributed by atoms with Gasteiger partial charge in [0.05, 0.1) is 29.8 Å². The van der Waals surface area contributed by atoms with E-state index >= 15 is 0 Å². The predicted octanol–water partition coefficient (Wildman–Crippen LogP) is 4.26. The van der Waals surface area contributed by atoms with Crippen molar-refractivity contribution in [2.75, 3.05) is 11.9 Å². The molecule has 7 nitrogen and oxygen atoms in total. The van der Waals surface area contributed by atoms with Crippen molar-refractivity contribution in [3.8, 4) is 5.82 Å². The number of nitrogens with one attached hydrogen (secondary N) is 1. The number of hydrogen-bond donors (Lipinski definition) is 1. The molecule has 2 aromatic heterocycles. The Morgan fingerprint density at radius 2 is 1.91 bits per heavy atom. The minimum atomic E-state index is -4.48. The van der Waals surface area contributed by atoms with Crippen LogP contribution in [0.3, 0.4) is 0 Å². The third-order valence-electron chi connectivity index (χ3n) is 4.73. The van der Waals surface area contributed by atoms with Crippen molar-refractivity contribution >= 4 is 17.6 Å². The zero-order valence-corrected chi connectivity index (χ0v) is 17.7. The minimum Gasteiger partial charge on any atom is -0.462 e. The van der Waals surface area contributed by atoms with Crippen LogP contribution in [-0.2, 0) is 22.1 Å². The van der Waals surface area contributed by atoms with Gasteiger partial charge in [0.1, 0.15) is 0 Å². The SMILES string of the molecule is CCOC(=O)c1cccc(NC(=O)Cc2c(C)nn(-c3ccc(C(F)(F)F)cn3)c2C)c1. The van der Waals surface area contributed by atoms with E-state index < -0.39 is 17.7 Å². The van der Waals surface area contributed by atoms with E-state index in [0.717, 1.165) is 12.3 Å². The average Bonchev–Trinajstić information content (AvgIpc) is 3.02. The minimum absolute atomic E-state index is 0.0120. The molecule has 0 unspecified atom stereocenters. The van der Waals surface area contributed by atoms with Crippen LogP contribution in [0.15, 0.2) is 42.6 Å². The van der Waals surface area contributed by atoms with Crippen LogP contribution in [0.2, 0.25) is 0 Å². The lowest BCUT2D eigenvalue weighted by Crippen LogP contribution is -2.16. The Morgan fingerprint density at radius 3 is 2.53 bits per heavy atom. The highest BCUT2D eigenvalue weighted by molar-refractivity contribution is 5.95. The third-order valence-corrected chi connectivity index (χ3v) is 4.73. The van der Waals surface area contributed by atoms with E-state index in [1.54, 1.807) is 39.0 Å². The summed E-state index contributed by atoms with van der Waals surface area (Å²) in [6.45, 7) is 5.36. The first-order valence-corrected chi connectivity index (χ1v) is 9.76. The molecule has 1 N–H and O–H groups in total. The summed E-state index contributed by atoms with van der Waals surface area (Å²) in [4.78, 5) is 28.3. The second-order valence-electron chi connectivity index (χ2n) is 6.99. The van der Waals surface area contributed by atoms with E-state index in [1.807, 2.05) is 0 Å². The van der Waals surface area contributed by atoms with E-state index in [1.165, 1.54) is 16.8 Å². The van der Waals surface area contributed by atoms with E-state index in [4.69, 9.17) is 4.74 Å². The van der Waals surface area contributed by atoms with Crippen molar-refractivity contribution in [2.45, 2.75) is 33.4 Å². The van der Waals surface area contributed by atoms with E-state index in [2.05, 4.69) is 15.4 Å². The Morgan fingerprint density at radius 1 is 1.16 bits per heavy atom. The van der Waals surface area contributed by atoms with Gasteiger partial charge in [0.2, 0.25) is 5.91 Å². The molecule has 1 amide bonds. The average molecular weight is 446 g/mol. The number of aromatic nitrogens is 3. The fraction of sp³-hybridized carbons (Fsp3) is 0.273. The summed E-state index contributed by atoms with van der Waals surface area (Å²) in [5, 5.41) is 7.05. The molecule has 0 bridgehead atoms. The molecule has 0 atom stereocenters. The Labute approximate surface area is 182 Å². The van der Waals surface area contributed by atoms with Gasteiger partial charge in [0.15, 0.2) is 5.82 Å². The lowest BCUT2D eigenvalue weighted by atomic mass is 10.1. The molecule has 0 aliphatic carbocycles. The molecule has 10 heteroatoms. The number of esters is 1. The van der Waals surface area contributed by atoms with Gasteiger partial charge in [0.25, 0.3) is 0 Å². The van der Waals surface area contributed by atoms with Crippen molar-refractivity contribution < 1.29 is 27.5 Å². The van der Waals surface area contributed by atoms with Crippen molar-refractivity contribution in [3.63, 3.8) is 0 Å². The Balaban J connectivity index is 1.76. The number of alkyl halides is 3. The molecule has 0 radical (unpaired) electrons. The summed E-state index contributed by atoms with van der Waals surface area (Å²) in [6.07, 6.45) is -3.74. The molecule has 1 aromatic carbocycles. The number of carbonyl (C=O) groups is 2. The number of carbonyl (C=O) groups excluding carboxylic acids is 2. The predicted molar refractivity (Wildman–Crippen MR) is 111 cm³/mol. The van der Waals surface area contributed by atoms with Crippen LogP contribution in [0.5, 0.6) is 0 Å². The number of hydrogen-bond acceptors (Lipinski definition) is 5. The largest absolute Gasteiger partial charge is 0.462 e. The van der Waals surface area contributed by atoms with Crippen molar-refractivity contribution in [1.82, 2.24) is 14.8 Å². The van der Waals surface area contributed by atoms with Crippen molar-refractivity contribution in [2.24, 2.45) is 0 Å². The number of halogens is 3. The smallest absolute Gasteiger partial charge is 0.417 e. The first-order valence-electron chi connectivity index (χ1n) is 9.76. The number of aryl methyl sites for hydroxylation is 1. The fourth-order valence-corrected chi connectivity index (χ4v) is 3.14. The lowest BCUT2D eigenvalue weighted by molar-refractivity contribution is -0.137. The summed E-state index contributed by atoms with van der Waals surface area (Å²) < 4.78 is 44.7. The quantitative estimate of drug-likeness (QED) is 0.572. The summed E-state index contributed by atoms with van der Waals surface area (Å²) in [5.41, 5.74) is 1.67. The van der Waals surface area contributed by atoms with Crippen molar-refractivity contribution in [3.05, 3.63) is 70.7 Å². The molecular weight excluding hydrogens is 425 g/mol. The number of anilines is 1. The monoisotopic (exact) mass is 446 g/mol. The van der Waals surface area contributed by atoms with Gasteiger partial charge < -0.3 is 10.1 Å². The number of benzene rings is 1. The molecule has 3 aromatic rings. The van der Waals surface area contributed by atoms with Crippen LogP contribution in [0.4, 0.5) is 18.9 Å². The maximum Gasteiger partial charge on any atom is 0.417 e. The highest BCUT2D eigenvalue weighted by atomic mass is 19.4. The Kier molecular flexibility index (Phi) is 6.61. The van der Waals surface area contributed by atoms with Gasteiger partial charge in [-0.3, -0.25) is 4.79 Å². The van der Waals surface area contributed by atoms with Gasteiger partial charge >= 0.3 is 12.1 Å². The molecule has 3 rings (SSSR count). The molecule has 0 aliphatic rings. The highest BCUT2D eigenvalue weighted by Gasteiger charge is 2.31. The molecule has 168 valence electrons. The number of rotatable bonds is 6. The highest BCUT2D eigenvalue weighted by Crippen LogP contribution is 2.29. The molecule has 32 heavy (non-hydrogen) atoms. The second-order valence-corrected chi connectivity index (χ2v) is 6.99. The lowest BCUT2D eigenvalue weighted by Gasteiger charge is -2.09. The van der Waals surface area contributed by atoms with E-state index in [-0.39, 0.29) is 24.8 Å². The van der Waals surface area contributed by atoms with Gasteiger partial charge in [-0.05, 0) is 51.1 Å². The van der Waals surface area contributed by atoms with Gasteiger partial charge in [-0.15, -0.1) is 0 Å². The van der Waals surface area contributed by atoms with Gasteiger partial charge in [-0.25, -0.2) is 14.5 Å². The molecule has 2 heterocycles. The zero-order valence-electron chi connectivity index (χ0n) is 17.7. The normalized spacial score (nSPS) is 11.3. The van der Waals surface area contributed by atoms with Crippen LogP contribution in [0.25, 0.3) is 5.82 Å². The number of nitrogens with zero attached hydrogens (tertiary/aromatic N) is 3. The number of pyridine rings is 1. The van der Waals surface area contributed by atoms with Gasteiger partial charge in [0, 0.05) is 23.1 Å². The van der Waals surface area contributed by atoms with Crippen LogP contribution in [0, 0.1) is 13.8 Å². The summed E-state index contributed by atoms with van der Waals surface area (Å²) in [5.74, 6) is -0.606. The van der Waals surface area contributed by atoms with Crippen LogP contribution >= 0.6 is 0 Å². The van der Waals surface area contributed by atoms with Crippen LogP contribution in [-0.4, -0.2) is 33.2 Å². The zero-order chi connectivity index (χ0) is 23.5. The van der Waals surface area contributed by atoms with Crippen LogP contribution in [0.1, 0.15) is 39.8 Å². The standard InChI is InChI=1S/C22H21F3N4O3/c1-4-32-21(31)15-6-5-7-17(10-15)27-20(30)11-18-13(2)28-29(14(18)3)19-9-8-16(12-26-19)22(23,24)25/h5-10,12H,4,11H2,1-3H3,(H,27,30). The first-order chi connectivity index (χ1) is 15.1. The van der Waals surface area contributed by atoms with Gasteiger partial charge in [-0.1, -0.05) is 6.07 Å². The van der Waals surface area contributed by atoms with E-state index in [9.17, 15) is 22.8 Å². The van der Waals surface area contributed by atoms with Gasteiger partial charge in [-0.2, -0.15) is 18.3 Å². The summed E-state index contributed by atoms with van der Waals surface area (Å²) in [6, 6.07) is 8.55. The molecule has 0 saturated carbocycles. The molecular formula is C22H21F3N4O3. The van der Waals surface area contributed by atoms with Crippen LogP contribution < -0.4 is 5.32 Å². The second kappa shape index (κ2) is 9.21. The fourth-order valence-electron chi connectivity index (χ4n) is 3.14. The molecule has 0 fully saturated rings. The maximum atomic E-state index is 12.8. The maximum absolute atomic E-state index is 12.8. The summed E-state index contributed by atoms with van der Waals surface area (Å²) >= 11 is 0. The number of amides is 1. The third kappa shape index (κ3) is 5.13. The van der Waals surface area contributed by atoms with E-state index in [0.29, 0.717) is 28.2 Å². The Hall–Kier alpha value is -3.69. The summed E-state index contributed by atoms with van der Waals surface area (Å²) in [7, 11) is 0. The van der Waals surface area contributed by atoms with Crippen molar-refractivity contribution in [1.29, 1.82) is 0 Å². The molecule has 0 saturated heterocycles.